The normalized spacial score (nSPS) is 14.8. The summed E-state index contributed by atoms with van der Waals surface area (Å²) in [5.74, 6) is 0.495. The van der Waals surface area contributed by atoms with Crippen LogP contribution in [0.2, 0.25) is 0 Å². The van der Waals surface area contributed by atoms with E-state index in [-0.39, 0.29) is 5.56 Å². The van der Waals surface area contributed by atoms with Gasteiger partial charge in [-0.15, -0.1) is 0 Å². The van der Waals surface area contributed by atoms with Crippen LogP contribution in [0.3, 0.4) is 0 Å². The maximum Gasteiger partial charge on any atom is 0.335 e. The number of ether oxygens (including phenoxy) is 1. The highest BCUT2D eigenvalue weighted by molar-refractivity contribution is 5.87. The number of aromatic carboxylic acids is 1. The molecule has 2 rings (SSSR count). The van der Waals surface area contributed by atoms with Gasteiger partial charge in [-0.25, -0.2) is 4.79 Å². The van der Waals surface area contributed by atoms with E-state index in [1.807, 2.05) is 0 Å². The van der Waals surface area contributed by atoms with Gasteiger partial charge in [0, 0.05) is 19.1 Å². The molecule has 4 heteroatoms. The molecule has 0 atom stereocenters. The summed E-state index contributed by atoms with van der Waals surface area (Å²) in [6.07, 6.45) is 2.61. The lowest BCUT2D eigenvalue weighted by atomic mass is 10.2. The first-order valence-electron chi connectivity index (χ1n) is 7.26. The van der Waals surface area contributed by atoms with E-state index in [2.05, 4.69) is 18.7 Å². The van der Waals surface area contributed by atoms with E-state index in [1.54, 1.807) is 24.3 Å². The molecule has 1 N–H and O–H groups in total. The van der Waals surface area contributed by atoms with Crippen LogP contribution in [0.25, 0.3) is 0 Å². The summed E-state index contributed by atoms with van der Waals surface area (Å²) in [7, 11) is 0. The minimum absolute atomic E-state index is 0.289. The highest BCUT2D eigenvalue weighted by atomic mass is 16.5. The van der Waals surface area contributed by atoms with E-state index in [4.69, 9.17) is 9.84 Å². The zero-order valence-corrected chi connectivity index (χ0v) is 12.2. The highest BCUT2D eigenvalue weighted by Crippen LogP contribution is 2.27. The number of carbonyl (C=O) groups is 1. The van der Waals surface area contributed by atoms with Crippen molar-refractivity contribution in [2.75, 3.05) is 19.7 Å². The molecule has 0 amide bonds. The summed E-state index contributed by atoms with van der Waals surface area (Å²) in [4.78, 5) is 13.2. The molecule has 1 aromatic rings. The number of rotatable bonds is 8. The summed E-state index contributed by atoms with van der Waals surface area (Å²) in [5.41, 5.74) is 0.289. The Hall–Kier alpha value is -1.55. The van der Waals surface area contributed by atoms with Crippen molar-refractivity contribution >= 4 is 5.97 Å². The van der Waals surface area contributed by atoms with Crippen LogP contribution in [0.4, 0.5) is 0 Å². The topological polar surface area (TPSA) is 49.8 Å². The number of carboxylic acid groups (broad SMARTS) is 1. The van der Waals surface area contributed by atoms with Gasteiger partial charge in [0.1, 0.15) is 12.4 Å². The molecule has 1 saturated carbocycles. The molecule has 0 bridgehead atoms. The average Bonchev–Trinajstić information content (AvgIpc) is 3.22. The Labute approximate surface area is 120 Å². The quantitative estimate of drug-likeness (QED) is 0.794. The van der Waals surface area contributed by atoms with Crippen molar-refractivity contribution in [3.63, 3.8) is 0 Å². The molecule has 0 unspecified atom stereocenters. The van der Waals surface area contributed by atoms with Gasteiger partial charge < -0.3 is 9.84 Å². The minimum atomic E-state index is -0.909. The fourth-order valence-corrected chi connectivity index (χ4v) is 2.31. The van der Waals surface area contributed by atoms with Crippen molar-refractivity contribution in [3.8, 4) is 5.75 Å². The predicted molar refractivity (Wildman–Crippen MR) is 78.3 cm³/mol. The molecule has 4 nitrogen and oxygen atoms in total. The maximum atomic E-state index is 10.8. The number of benzene rings is 1. The highest BCUT2D eigenvalue weighted by Gasteiger charge is 2.28. The number of nitrogens with zero attached hydrogens (tertiary/aromatic N) is 1. The lowest BCUT2D eigenvalue weighted by molar-refractivity contribution is 0.0697. The zero-order chi connectivity index (χ0) is 14.5. The second-order valence-corrected chi connectivity index (χ2v) is 5.80. The van der Waals surface area contributed by atoms with Crippen LogP contribution >= 0.6 is 0 Å². The molecule has 0 aromatic heterocycles. The van der Waals surface area contributed by atoms with Crippen LogP contribution in [-0.2, 0) is 0 Å². The third-order valence-corrected chi connectivity index (χ3v) is 3.41. The molecule has 0 spiro atoms. The molecule has 1 fully saturated rings. The van der Waals surface area contributed by atoms with E-state index in [0.29, 0.717) is 12.5 Å². The molecule has 0 radical (unpaired) electrons. The monoisotopic (exact) mass is 277 g/mol. The molecule has 0 saturated heterocycles. The van der Waals surface area contributed by atoms with Crippen LogP contribution in [-0.4, -0.2) is 41.7 Å². The first-order valence-corrected chi connectivity index (χ1v) is 7.26. The molecular formula is C16H23NO3. The first kappa shape index (κ1) is 14.9. The lowest BCUT2D eigenvalue weighted by Crippen LogP contribution is -2.33. The summed E-state index contributed by atoms with van der Waals surface area (Å²) >= 11 is 0. The van der Waals surface area contributed by atoms with Gasteiger partial charge in [0.15, 0.2) is 0 Å². The van der Waals surface area contributed by atoms with Gasteiger partial charge in [0.05, 0.1) is 5.56 Å². The maximum absolute atomic E-state index is 10.8. The smallest absolute Gasteiger partial charge is 0.335 e. The Morgan fingerprint density at radius 1 is 1.35 bits per heavy atom. The van der Waals surface area contributed by atoms with E-state index in [0.717, 1.165) is 24.9 Å². The average molecular weight is 277 g/mol. The minimum Gasteiger partial charge on any atom is -0.492 e. The molecule has 0 aliphatic heterocycles. The van der Waals surface area contributed by atoms with Gasteiger partial charge in [0.25, 0.3) is 0 Å². The van der Waals surface area contributed by atoms with Crippen molar-refractivity contribution < 1.29 is 14.6 Å². The van der Waals surface area contributed by atoms with Crippen LogP contribution in [0, 0.1) is 5.92 Å². The lowest BCUT2D eigenvalue weighted by Gasteiger charge is -2.23. The van der Waals surface area contributed by atoms with Gasteiger partial charge in [-0.1, -0.05) is 13.8 Å². The van der Waals surface area contributed by atoms with Crippen molar-refractivity contribution in [3.05, 3.63) is 29.8 Å². The van der Waals surface area contributed by atoms with Crippen molar-refractivity contribution in [1.29, 1.82) is 0 Å². The van der Waals surface area contributed by atoms with Crippen LogP contribution < -0.4 is 4.74 Å². The summed E-state index contributed by atoms with van der Waals surface area (Å²) in [6, 6.07) is 7.32. The Morgan fingerprint density at radius 3 is 2.50 bits per heavy atom. The Kier molecular flexibility index (Phi) is 5.01. The van der Waals surface area contributed by atoms with E-state index < -0.39 is 5.97 Å². The van der Waals surface area contributed by atoms with Gasteiger partial charge in [-0.3, -0.25) is 4.90 Å². The van der Waals surface area contributed by atoms with Crippen LogP contribution in [0.5, 0.6) is 5.75 Å². The second kappa shape index (κ2) is 6.75. The molecule has 1 aromatic carbocycles. The summed E-state index contributed by atoms with van der Waals surface area (Å²) in [5, 5.41) is 8.83. The number of carboxylic acids is 1. The van der Waals surface area contributed by atoms with Gasteiger partial charge in [-0.05, 0) is 43.0 Å². The third-order valence-electron chi connectivity index (χ3n) is 3.41. The Bertz CT molecular complexity index is 438. The number of hydrogen-bond donors (Lipinski definition) is 1. The molecule has 0 heterocycles. The summed E-state index contributed by atoms with van der Waals surface area (Å²) < 4.78 is 5.70. The van der Waals surface area contributed by atoms with Crippen molar-refractivity contribution in [2.24, 2.45) is 5.92 Å². The number of hydrogen-bond acceptors (Lipinski definition) is 3. The first-order chi connectivity index (χ1) is 9.56. The predicted octanol–water partition coefficient (Wildman–Crippen LogP) is 2.88. The molecule has 20 heavy (non-hydrogen) atoms. The van der Waals surface area contributed by atoms with Crippen LogP contribution in [0.1, 0.15) is 37.0 Å². The summed E-state index contributed by atoms with van der Waals surface area (Å²) in [6.45, 7) is 7.17. The molecular weight excluding hydrogens is 254 g/mol. The fourth-order valence-electron chi connectivity index (χ4n) is 2.31. The molecule has 1 aliphatic rings. The third kappa shape index (κ3) is 4.53. The van der Waals surface area contributed by atoms with E-state index >= 15 is 0 Å². The van der Waals surface area contributed by atoms with Crippen molar-refractivity contribution in [1.82, 2.24) is 4.90 Å². The SMILES string of the molecule is CC(C)CN(CCOc1ccc(C(=O)O)cc1)C1CC1. The van der Waals surface area contributed by atoms with Gasteiger partial charge >= 0.3 is 5.97 Å². The second-order valence-electron chi connectivity index (χ2n) is 5.80. The van der Waals surface area contributed by atoms with Gasteiger partial charge in [-0.2, -0.15) is 0 Å². The van der Waals surface area contributed by atoms with E-state index in [1.165, 1.54) is 12.8 Å². The molecule has 1 aliphatic carbocycles. The van der Waals surface area contributed by atoms with Crippen molar-refractivity contribution in [2.45, 2.75) is 32.7 Å². The van der Waals surface area contributed by atoms with Gasteiger partial charge in [0.2, 0.25) is 0 Å². The fraction of sp³-hybridized carbons (Fsp3) is 0.562. The van der Waals surface area contributed by atoms with E-state index in [9.17, 15) is 4.79 Å². The Balaban J connectivity index is 1.77. The largest absolute Gasteiger partial charge is 0.492 e. The standard InChI is InChI=1S/C16H23NO3/c1-12(2)11-17(14-5-6-14)9-10-20-15-7-3-13(4-8-15)16(18)19/h3-4,7-8,12,14H,5-6,9-11H2,1-2H3,(H,18,19). The van der Waals surface area contributed by atoms with Crippen LogP contribution in [0.15, 0.2) is 24.3 Å². The molecule has 110 valence electrons. The Morgan fingerprint density at radius 2 is 2.00 bits per heavy atom. The zero-order valence-electron chi connectivity index (χ0n) is 12.2.